The number of ether oxygens (including phenoxy) is 1. The highest BCUT2D eigenvalue weighted by molar-refractivity contribution is 6.20. The molecule has 1 aromatic carbocycles. The Morgan fingerprint density at radius 3 is 2.67 bits per heavy atom. The summed E-state index contributed by atoms with van der Waals surface area (Å²) in [5.74, 6) is 1.60. The van der Waals surface area contributed by atoms with Crippen LogP contribution in [0.2, 0.25) is 0 Å². The summed E-state index contributed by atoms with van der Waals surface area (Å²) in [6.07, 6.45) is 1.10. The number of benzene rings is 1. The predicted octanol–water partition coefficient (Wildman–Crippen LogP) is 4.71. The third-order valence-electron chi connectivity index (χ3n) is 3.65. The van der Waals surface area contributed by atoms with Gasteiger partial charge >= 0.3 is 0 Å². The second-order valence-corrected chi connectivity index (χ2v) is 6.63. The minimum atomic E-state index is -0.104. The third-order valence-corrected chi connectivity index (χ3v) is 3.85. The van der Waals surface area contributed by atoms with E-state index in [-0.39, 0.29) is 5.38 Å². The zero-order chi connectivity index (χ0) is 15.4. The van der Waals surface area contributed by atoms with Crippen LogP contribution in [0.25, 0.3) is 11.0 Å². The smallest absolute Gasteiger partial charge is 0.127 e. The Morgan fingerprint density at radius 2 is 2.00 bits per heavy atom. The zero-order valence-corrected chi connectivity index (χ0v) is 14.2. The fraction of sp³-hybridized carbons (Fsp3) is 0.588. The van der Waals surface area contributed by atoms with Gasteiger partial charge in [-0.1, -0.05) is 26.0 Å². The summed E-state index contributed by atoms with van der Waals surface area (Å²) in [5, 5.41) is -0.104. The van der Waals surface area contributed by atoms with E-state index >= 15 is 0 Å². The Morgan fingerprint density at radius 1 is 1.24 bits per heavy atom. The zero-order valence-electron chi connectivity index (χ0n) is 13.4. The van der Waals surface area contributed by atoms with E-state index in [9.17, 15) is 0 Å². The maximum Gasteiger partial charge on any atom is 0.127 e. The molecular weight excluding hydrogens is 284 g/mol. The van der Waals surface area contributed by atoms with Crippen molar-refractivity contribution in [1.82, 2.24) is 9.55 Å². The molecule has 0 bridgehead atoms. The Balaban J connectivity index is 2.15. The molecule has 0 aliphatic heterocycles. The summed E-state index contributed by atoms with van der Waals surface area (Å²) < 4.78 is 7.96. The molecule has 1 unspecified atom stereocenters. The number of alkyl halides is 1. The number of para-hydroxylation sites is 1. The SMILES string of the molecule is Cc1cccc2nc(C(C)Cl)n(CCOCCC(C)C)c12. The molecule has 1 heterocycles. The van der Waals surface area contributed by atoms with E-state index in [1.54, 1.807) is 0 Å². The number of fused-ring (bicyclic) bond motifs is 1. The molecule has 1 aromatic heterocycles. The van der Waals surface area contributed by atoms with Gasteiger partial charge in [-0.15, -0.1) is 11.6 Å². The van der Waals surface area contributed by atoms with E-state index in [0.717, 1.165) is 30.9 Å². The Kier molecular flexibility index (Phi) is 5.65. The summed E-state index contributed by atoms with van der Waals surface area (Å²) in [7, 11) is 0. The monoisotopic (exact) mass is 308 g/mol. The van der Waals surface area contributed by atoms with Gasteiger partial charge in [0.05, 0.1) is 23.0 Å². The fourth-order valence-electron chi connectivity index (χ4n) is 2.49. The molecule has 0 radical (unpaired) electrons. The molecule has 4 heteroatoms. The van der Waals surface area contributed by atoms with Gasteiger partial charge in [0, 0.05) is 13.2 Å². The van der Waals surface area contributed by atoms with Crippen molar-refractivity contribution >= 4 is 22.6 Å². The predicted molar refractivity (Wildman–Crippen MR) is 89.0 cm³/mol. The van der Waals surface area contributed by atoms with E-state index in [1.807, 2.05) is 19.1 Å². The molecule has 0 amide bonds. The lowest BCUT2D eigenvalue weighted by Crippen LogP contribution is -2.11. The van der Waals surface area contributed by atoms with E-state index in [0.29, 0.717) is 12.5 Å². The molecule has 2 aromatic rings. The van der Waals surface area contributed by atoms with E-state index in [2.05, 4.69) is 36.4 Å². The Hall–Kier alpha value is -1.06. The van der Waals surface area contributed by atoms with Gasteiger partial charge in [-0.05, 0) is 37.8 Å². The Bertz CT molecular complexity index is 590. The number of aromatic nitrogens is 2. The van der Waals surface area contributed by atoms with Crippen molar-refractivity contribution in [2.75, 3.05) is 13.2 Å². The maximum atomic E-state index is 6.29. The molecule has 0 aliphatic carbocycles. The molecule has 1 atom stereocenters. The van der Waals surface area contributed by atoms with Crippen molar-refractivity contribution in [2.45, 2.75) is 46.0 Å². The normalized spacial score (nSPS) is 13.2. The standard InChI is InChI=1S/C17H25ClN2O/c1-12(2)8-10-21-11-9-20-16-13(3)6-5-7-15(16)19-17(20)14(4)18/h5-7,12,14H,8-11H2,1-4H3. The first-order chi connectivity index (χ1) is 10.0. The van der Waals surface area contributed by atoms with Gasteiger partial charge in [0.2, 0.25) is 0 Å². The van der Waals surface area contributed by atoms with E-state index in [4.69, 9.17) is 16.3 Å². The highest BCUT2D eigenvalue weighted by atomic mass is 35.5. The van der Waals surface area contributed by atoms with Crippen LogP contribution in [-0.2, 0) is 11.3 Å². The van der Waals surface area contributed by atoms with E-state index in [1.165, 1.54) is 11.1 Å². The average Bonchev–Trinajstić information content (AvgIpc) is 2.78. The first-order valence-corrected chi connectivity index (χ1v) is 8.12. The quantitative estimate of drug-likeness (QED) is 0.547. The lowest BCUT2D eigenvalue weighted by Gasteiger charge is -2.12. The number of hydrogen-bond acceptors (Lipinski definition) is 2. The molecule has 0 N–H and O–H groups in total. The molecule has 21 heavy (non-hydrogen) atoms. The molecule has 0 fully saturated rings. The topological polar surface area (TPSA) is 27.1 Å². The maximum absolute atomic E-state index is 6.29. The molecule has 3 nitrogen and oxygen atoms in total. The van der Waals surface area contributed by atoms with Crippen LogP contribution in [0.4, 0.5) is 0 Å². The van der Waals surface area contributed by atoms with Gasteiger partial charge in [0.25, 0.3) is 0 Å². The van der Waals surface area contributed by atoms with Gasteiger partial charge < -0.3 is 9.30 Å². The van der Waals surface area contributed by atoms with Crippen molar-refractivity contribution in [2.24, 2.45) is 5.92 Å². The second-order valence-electron chi connectivity index (χ2n) is 5.98. The summed E-state index contributed by atoms with van der Waals surface area (Å²) in [4.78, 5) is 4.68. The van der Waals surface area contributed by atoms with Crippen LogP contribution in [0.1, 0.15) is 44.0 Å². The first kappa shape index (κ1) is 16.3. The van der Waals surface area contributed by atoms with Crippen LogP contribution < -0.4 is 0 Å². The summed E-state index contributed by atoms with van der Waals surface area (Å²) in [6, 6.07) is 6.20. The van der Waals surface area contributed by atoms with Gasteiger partial charge in [-0.3, -0.25) is 0 Å². The molecule has 116 valence electrons. The second kappa shape index (κ2) is 7.28. The number of nitrogens with zero attached hydrogens (tertiary/aromatic N) is 2. The number of imidazole rings is 1. The molecule has 0 spiro atoms. The van der Waals surface area contributed by atoms with Crippen molar-refractivity contribution in [1.29, 1.82) is 0 Å². The number of halogens is 1. The van der Waals surface area contributed by atoms with Crippen LogP contribution in [0, 0.1) is 12.8 Å². The number of rotatable bonds is 7. The lowest BCUT2D eigenvalue weighted by molar-refractivity contribution is 0.116. The third kappa shape index (κ3) is 3.98. The van der Waals surface area contributed by atoms with Crippen molar-refractivity contribution in [3.63, 3.8) is 0 Å². The fourth-order valence-corrected chi connectivity index (χ4v) is 2.66. The van der Waals surface area contributed by atoms with Crippen molar-refractivity contribution in [3.05, 3.63) is 29.6 Å². The first-order valence-electron chi connectivity index (χ1n) is 7.68. The van der Waals surface area contributed by atoms with Gasteiger partial charge in [-0.25, -0.2) is 4.98 Å². The van der Waals surface area contributed by atoms with Crippen LogP contribution in [0.15, 0.2) is 18.2 Å². The molecular formula is C17H25ClN2O. The van der Waals surface area contributed by atoms with Crippen molar-refractivity contribution < 1.29 is 4.74 Å². The van der Waals surface area contributed by atoms with Gasteiger partial charge in [-0.2, -0.15) is 0 Å². The van der Waals surface area contributed by atoms with Crippen LogP contribution >= 0.6 is 11.6 Å². The van der Waals surface area contributed by atoms with Crippen LogP contribution in [0.5, 0.6) is 0 Å². The average molecular weight is 309 g/mol. The highest BCUT2D eigenvalue weighted by Gasteiger charge is 2.15. The number of aryl methyl sites for hydroxylation is 1. The minimum Gasteiger partial charge on any atom is -0.380 e. The lowest BCUT2D eigenvalue weighted by atomic mass is 10.1. The minimum absolute atomic E-state index is 0.104. The molecule has 0 saturated carbocycles. The van der Waals surface area contributed by atoms with Gasteiger partial charge in [0.15, 0.2) is 0 Å². The summed E-state index contributed by atoms with van der Waals surface area (Å²) in [6.45, 7) is 10.8. The van der Waals surface area contributed by atoms with E-state index < -0.39 is 0 Å². The molecule has 0 aliphatic rings. The summed E-state index contributed by atoms with van der Waals surface area (Å²) in [5.41, 5.74) is 3.41. The highest BCUT2D eigenvalue weighted by Crippen LogP contribution is 2.26. The summed E-state index contributed by atoms with van der Waals surface area (Å²) >= 11 is 6.29. The Labute approximate surface area is 132 Å². The molecule has 2 rings (SSSR count). The molecule has 0 saturated heterocycles. The van der Waals surface area contributed by atoms with Crippen molar-refractivity contribution in [3.8, 4) is 0 Å². The largest absolute Gasteiger partial charge is 0.380 e. The number of hydrogen-bond donors (Lipinski definition) is 0. The van der Waals surface area contributed by atoms with Gasteiger partial charge in [0.1, 0.15) is 5.82 Å². The van der Waals surface area contributed by atoms with Crippen LogP contribution in [0.3, 0.4) is 0 Å². The van der Waals surface area contributed by atoms with Crippen LogP contribution in [-0.4, -0.2) is 22.8 Å².